The molecule has 0 fully saturated rings. The Morgan fingerprint density at radius 1 is 0.643 bits per heavy atom. The molecule has 0 unspecified atom stereocenters. The maximum atomic E-state index is 5.88. The van der Waals surface area contributed by atoms with Crippen molar-refractivity contribution in [3.63, 3.8) is 0 Å². The molecule has 3 aromatic carbocycles. The van der Waals surface area contributed by atoms with E-state index in [0.717, 1.165) is 28.2 Å². The Labute approximate surface area is 163 Å². The molecule has 5 rings (SSSR count). The first-order valence-electron chi connectivity index (χ1n) is 9.06. The van der Waals surface area contributed by atoms with Gasteiger partial charge in [-0.1, -0.05) is 78.9 Å². The molecule has 1 aliphatic rings. The highest BCUT2D eigenvalue weighted by Crippen LogP contribution is 2.44. The summed E-state index contributed by atoms with van der Waals surface area (Å²) in [6.07, 6.45) is 0. The van der Waals surface area contributed by atoms with E-state index in [-0.39, 0.29) is 0 Å². The lowest BCUT2D eigenvalue weighted by atomic mass is 10.0. The Morgan fingerprint density at radius 2 is 1.14 bits per heavy atom. The SMILES string of the molecule is C=C1Oc2nc(-c3ccccc3)c(-c3ccccc3)nc2N1c1ccccc1. The quantitative estimate of drug-likeness (QED) is 0.460. The van der Waals surface area contributed by atoms with Crippen LogP contribution in [-0.2, 0) is 0 Å². The van der Waals surface area contributed by atoms with Gasteiger partial charge in [0.1, 0.15) is 5.69 Å². The lowest BCUT2D eigenvalue weighted by Crippen LogP contribution is -2.13. The van der Waals surface area contributed by atoms with E-state index in [9.17, 15) is 0 Å². The number of ether oxygens (including phenoxy) is 1. The van der Waals surface area contributed by atoms with Crippen LogP contribution in [0.4, 0.5) is 11.5 Å². The van der Waals surface area contributed by atoms with Crippen molar-refractivity contribution < 1.29 is 4.74 Å². The molecule has 0 spiro atoms. The third-order valence-electron chi connectivity index (χ3n) is 4.63. The molecule has 0 aliphatic carbocycles. The molecule has 4 nitrogen and oxygen atoms in total. The zero-order valence-corrected chi connectivity index (χ0v) is 15.1. The topological polar surface area (TPSA) is 38.3 Å². The summed E-state index contributed by atoms with van der Waals surface area (Å²) in [5, 5.41) is 0. The summed E-state index contributed by atoms with van der Waals surface area (Å²) in [6.45, 7) is 4.06. The summed E-state index contributed by atoms with van der Waals surface area (Å²) in [5.74, 6) is 1.60. The highest BCUT2D eigenvalue weighted by Gasteiger charge is 2.31. The number of fused-ring (bicyclic) bond motifs is 1. The average molecular weight is 363 g/mol. The fourth-order valence-corrected chi connectivity index (χ4v) is 3.34. The van der Waals surface area contributed by atoms with Gasteiger partial charge in [0.25, 0.3) is 5.88 Å². The number of anilines is 2. The Hall–Kier alpha value is -3.92. The van der Waals surface area contributed by atoms with Crippen LogP contribution >= 0.6 is 0 Å². The minimum absolute atomic E-state index is 0.465. The first-order chi connectivity index (χ1) is 13.8. The van der Waals surface area contributed by atoms with E-state index < -0.39 is 0 Å². The number of hydrogen-bond donors (Lipinski definition) is 0. The van der Waals surface area contributed by atoms with Crippen LogP contribution in [0.25, 0.3) is 22.5 Å². The smallest absolute Gasteiger partial charge is 0.265 e. The maximum absolute atomic E-state index is 5.88. The van der Waals surface area contributed by atoms with Crippen LogP contribution in [0.3, 0.4) is 0 Å². The molecule has 28 heavy (non-hydrogen) atoms. The van der Waals surface area contributed by atoms with Crippen molar-refractivity contribution in [1.82, 2.24) is 9.97 Å². The molecule has 0 radical (unpaired) electrons. The third-order valence-corrected chi connectivity index (χ3v) is 4.63. The Bertz CT molecular complexity index is 1140. The van der Waals surface area contributed by atoms with E-state index in [1.807, 2.05) is 95.9 Å². The van der Waals surface area contributed by atoms with Crippen LogP contribution in [0.15, 0.2) is 103 Å². The summed E-state index contributed by atoms with van der Waals surface area (Å²) in [4.78, 5) is 11.7. The number of nitrogens with zero attached hydrogens (tertiary/aromatic N) is 3. The van der Waals surface area contributed by atoms with E-state index in [4.69, 9.17) is 14.7 Å². The summed E-state index contributed by atoms with van der Waals surface area (Å²) >= 11 is 0. The summed E-state index contributed by atoms with van der Waals surface area (Å²) < 4.78 is 5.88. The van der Waals surface area contributed by atoms with Crippen LogP contribution in [-0.4, -0.2) is 9.97 Å². The number of benzene rings is 3. The van der Waals surface area contributed by atoms with E-state index >= 15 is 0 Å². The number of aromatic nitrogens is 2. The summed E-state index contributed by atoms with van der Waals surface area (Å²) in [6, 6.07) is 30.0. The van der Waals surface area contributed by atoms with E-state index in [1.165, 1.54) is 0 Å². The van der Waals surface area contributed by atoms with E-state index in [2.05, 4.69) is 6.58 Å². The molecular weight excluding hydrogens is 346 g/mol. The second kappa shape index (κ2) is 6.67. The van der Waals surface area contributed by atoms with Crippen molar-refractivity contribution in [2.75, 3.05) is 4.90 Å². The van der Waals surface area contributed by atoms with Crippen LogP contribution in [0.1, 0.15) is 0 Å². The van der Waals surface area contributed by atoms with Crippen LogP contribution < -0.4 is 9.64 Å². The van der Waals surface area contributed by atoms with Gasteiger partial charge in [0.05, 0.1) is 11.4 Å². The fourth-order valence-electron chi connectivity index (χ4n) is 3.34. The molecule has 0 saturated heterocycles. The standard InChI is InChI=1S/C24H17N3O/c1-17-27(20-15-9-4-10-16-20)23-24(28-17)26-22(19-13-7-3-8-14-19)21(25-23)18-11-5-2-6-12-18/h2-16H,1H2. The van der Waals surface area contributed by atoms with Crippen LogP contribution in [0.5, 0.6) is 5.88 Å². The van der Waals surface area contributed by atoms with Gasteiger partial charge in [-0.25, -0.2) is 9.97 Å². The Morgan fingerprint density at radius 3 is 1.71 bits per heavy atom. The molecular formula is C24H17N3O. The van der Waals surface area contributed by atoms with E-state index in [0.29, 0.717) is 17.6 Å². The van der Waals surface area contributed by atoms with Gasteiger partial charge < -0.3 is 4.74 Å². The molecule has 0 saturated carbocycles. The van der Waals surface area contributed by atoms with Gasteiger partial charge in [-0.15, -0.1) is 0 Å². The van der Waals surface area contributed by atoms with Crippen molar-refractivity contribution in [1.29, 1.82) is 0 Å². The van der Waals surface area contributed by atoms with Crippen molar-refractivity contribution in [3.8, 4) is 28.4 Å². The third kappa shape index (κ3) is 2.72. The monoisotopic (exact) mass is 363 g/mol. The zero-order chi connectivity index (χ0) is 18.9. The molecule has 0 atom stereocenters. The predicted octanol–water partition coefficient (Wildman–Crippen LogP) is 5.81. The molecule has 1 aliphatic heterocycles. The molecule has 0 N–H and O–H groups in total. The maximum Gasteiger partial charge on any atom is 0.265 e. The van der Waals surface area contributed by atoms with Gasteiger partial charge in [0, 0.05) is 11.1 Å². The van der Waals surface area contributed by atoms with Gasteiger partial charge in [-0.3, -0.25) is 4.90 Å². The first-order valence-corrected chi connectivity index (χ1v) is 9.06. The number of rotatable bonds is 3. The molecule has 0 bridgehead atoms. The number of para-hydroxylation sites is 1. The Kier molecular flexibility index (Phi) is 3.87. The largest absolute Gasteiger partial charge is 0.419 e. The molecule has 2 heterocycles. The minimum Gasteiger partial charge on any atom is -0.419 e. The van der Waals surface area contributed by atoms with Gasteiger partial charge in [-0.05, 0) is 18.7 Å². The first kappa shape index (κ1) is 16.3. The van der Waals surface area contributed by atoms with Gasteiger partial charge in [0.2, 0.25) is 11.7 Å². The lowest BCUT2D eigenvalue weighted by molar-refractivity contribution is 0.434. The molecule has 134 valence electrons. The second-order valence-corrected chi connectivity index (χ2v) is 6.45. The van der Waals surface area contributed by atoms with Crippen molar-refractivity contribution in [2.24, 2.45) is 0 Å². The highest BCUT2D eigenvalue weighted by molar-refractivity contribution is 5.82. The van der Waals surface area contributed by atoms with Crippen LogP contribution in [0, 0.1) is 0 Å². The average Bonchev–Trinajstić information content (AvgIpc) is 3.09. The normalized spacial score (nSPS) is 12.6. The number of hydrogen-bond acceptors (Lipinski definition) is 4. The van der Waals surface area contributed by atoms with Gasteiger partial charge >= 0.3 is 0 Å². The summed E-state index contributed by atoms with van der Waals surface area (Å²) in [5.41, 5.74) is 4.52. The molecule has 4 heteroatoms. The zero-order valence-electron chi connectivity index (χ0n) is 15.1. The van der Waals surface area contributed by atoms with Crippen molar-refractivity contribution in [2.45, 2.75) is 0 Å². The lowest BCUT2D eigenvalue weighted by Gasteiger charge is -2.17. The summed E-state index contributed by atoms with van der Waals surface area (Å²) in [7, 11) is 0. The second-order valence-electron chi connectivity index (χ2n) is 6.45. The van der Waals surface area contributed by atoms with Gasteiger partial charge in [0.15, 0.2) is 0 Å². The predicted molar refractivity (Wildman–Crippen MR) is 111 cm³/mol. The minimum atomic E-state index is 0.465. The van der Waals surface area contributed by atoms with Crippen LogP contribution in [0.2, 0.25) is 0 Å². The van der Waals surface area contributed by atoms with E-state index in [1.54, 1.807) is 0 Å². The highest BCUT2D eigenvalue weighted by atomic mass is 16.5. The molecule has 0 amide bonds. The van der Waals surface area contributed by atoms with Gasteiger partial charge in [-0.2, -0.15) is 0 Å². The van der Waals surface area contributed by atoms with Crippen molar-refractivity contribution >= 4 is 11.5 Å². The fraction of sp³-hybridized carbons (Fsp3) is 0. The molecule has 1 aromatic heterocycles. The Balaban J connectivity index is 1.74. The molecule has 4 aromatic rings. The van der Waals surface area contributed by atoms with Crippen molar-refractivity contribution in [3.05, 3.63) is 103 Å².